The molecule has 0 saturated heterocycles. The number of carbonyl (C=O) groups excluding carboxylic acids is 1. The molecule has 1 aliphatic rings. The van der Waals surface area contributed by atoms with E-state index in [-0.39, 0.29) is 24.0 Å². The quantitative estimate of drug-likeness (QED) is 0.547. The van der Waals surface area contributed by atoms with Crippen LogP contribution in [0.5, 0.6) is 5.88 Å². The second-order valence-corrected chi connectivity index (χ2v) is 8.88. The van der Waals surface area contributed by atoms with Crippen molar-refractivity contribution in [1.82, 2.24) is 14.9 Å². The van der Waals surface area contributed by atoms with Crippen LogP contribution in [0.15, 0.2) is 30.3 Å². The van der Waals surface area contributed by atoms with E-state index in [4.69, 9.17) is 10.5 Å². The predicted octanol–water partition coefficient (Wildman–Crippen LogP) is 4.23. The number of pyridine rings is 1. The molecular formula is C24H28F2N4O2. The molecule has 3 N–H and O–H groups in total. The predicted molar refractivity (Wildman–Crippen MR) is 118 cm³/mol. The first kappa shape index (κ1) is 22.2. The number of halogens is 2. The summed E-state index contributed by atoms with van der Waals surface area (Å²) in [5.41, 5.74) is 8.19. The van der Waals surface area contributed by atoms with Gasteiger partial charge in [0.25, 0.3) is 5.91 Å². The van der Waals surface area contributed by atoms with Gasteiger partial charge in [-0.1, -0.05) is 13.0 Å². The molecule has 1 atom stereocenters. The minimum absolute atomic E-state index is 0.156. The zero-order chi connectivity index (χ0) is 23.0. The van der Waals surface area contributed by atoms with Gasteiger partial charge in [-0.15, -0.1) is 0 Å². The number of nitrogens with zero attached hydrogens (tertiary/aromatic N) is 2. The Hall–Kier alpha value is -3.00. The maximum Gasteiger partial charge on any atom is 0.255 e. The van der Waals surface area contributed by atoms with E-state index in [1.165, 1.54) is 18.2 Å². The highest BCUT2D eigenvalue weighted by atomic mass is 19.1. The van der Waals surface area contributed by atoms with Crippen molar-refractivity contribution in [1.29, 1.82) is 0 Å². The minimum Gasteiger partial charge on any atom is -0.473 e. The molecular weight excluding hydrogens is 414 g/mol. The number of nitrogens with two attached hydrogens (primary N) is 1. The second kappa shape index (κ2) is 8.50. The standard InChI is InChI=1S/C24H28F2N4O2/c1-4-24(3,27)13-28-23(31)21-19-10-14(2)11-20(30(19)29-22(21)15-8-9-15)32-12-16-17(25)6-5-7-18(16)26/h5-7,10-11,15H,4,8-9,12-13,27H2,1-3H3,(H,28,31). The van der Waals surface area contributed by atoms with E-state index < -0.39 is 17.2 Å². The first-order chi connectivity index (χ1) is 15.2. The number of amides is 1. The zero-order valence-electron chi connectivity index (χ0n) is 18.5. The molecule has 0 bridgehead atoms. The van der Waals surface area contributed by atoms with Gasteiger partial charge in [-0.2, -0.15) is 9.61 Å². The number of ether oxygens (including phenoxy) is 1. The SMILES string of the molecule is CCC(C)(N)CNC(=O)c1c(C2CC2)nn2c(OCc3c(F)cccc3F)cc(C)cc12. The third-order valence-electron chi connectivity index (χ3n) is 5.95. The summed E-state index contributed by atoms with van der Waals surface area (Å²) in [5.74, 6) is -1.05. The fourth-order valence-electron chi connectivity index (χ4n) is 3.55. The van der Waals surface area contributed by atoms with Crippen LogP contribution < -0.4 is 15.8 Å². The van der Waals surface area contributed by atoms with E-state index in [0.29, 0.717) is 29.2 Å². The Labute approximate surface area is 185 Å². The van der Waals surface area contributed by atoms with Gasteiger partial charge in [-0.25, -0.2) is 8.78 Å². The molecule has 0 spiro atoms. The first-order valence-corrected chi connectivity index (χ1v) is 10.9. The van der Waals surface area contributed by atoms with Gasteiger partial charge in [-0.3, -0.25) is 4.79 Å². The van der Waals surface area contributed by atoms with E-state index in [2.05, 4.69) is 10.4 Å². The summed E-state index contributed by atoms with van der Waals surface area (Å²) in [6.45, 7) is 5.78. The van der Waals surface area contributed by atoms with E-state index in [0.717, 1.165) is 24.8 Å². The Morgan fingerprint density at radius 2 is 2.00 bits per heavy atom. The summed E-state index contributed by atoms with van der Waals surface area (Å²) in [6.07, 6.45) is 2.65. The van der Waals surface area contributed by atoms with Crippen molar-refractivity contribution in [3.8, 4) is 5.88 Å². The molecule has 4 rings (SSSR count). The molecule has 1 saturated carbocycles. The summed E-state index contributed by atoms with van der Waals surface area (Å²) in [4.78, 5) is 13.2. The van der Waals surface area contributed by atoms with Crippen LogP contribution in [0.2, 0.25) is 0 Å². The largest absolute Gasteiger partial charge is 0.473 e. The van der Waals surface area contributed by atoms with Crippen molar-refractivity contribution in [3.05, 3.63) is 64.4 Å². The summed E-state index contributed by atoms with van der Waals surface area (Å²) >= 11 is 0. The van der Waals surface area contributed by atoms with Gasteiger partial charge < -0.3 is 15.8 Å². The molecule has 1 unspecified atom stereocenters. The van der Waals surface area contributed by atoms with Crippen LogP contribution in [0, 0.1) is 18.6 Å². The first-order valence-electron chi connectivity index (χ1n) is 10.9. The number of nitrogens with one attached hydrogen (secondary N) is 1. The topological polar surface area (TPSA) is 81.6 Å². The zero-order valence-corrected chi connectivity index (χ0v) is 18.5. The molecule has 2 heterocycles. The van der Waals surface area contributed by atoms with E-state index >= 15 is 0 Å². The van der Waals surface area contributed by atoms with E-state index in [1.54, 1.807) is 10.6 Å². The molecule has 6 nitrogen and oxygen atoms in total. The smallest absolute Gasteiger partial charge is 0.255 e. The number of fused-ring (bicyclic) bond motifs is 1. The van der Waals surface area contributed by atoms with Crippen LogP contribution in [-0.4, -0.2) is 27.6 Å². The van der Waals surface area contributed by atoms with E-state index in [9.17, 15) is 13.6 Å². The van der Waals surface area contributed by atoms with Crippen LogP contribution in [-0.2, 0) is 6.61 Å². The van der Waals surface area contributed by atoms with Crippen LogP contribution >= 0.6 is 0 Å². The van der Waals surface area contributed by atoms with Crippen LogP contribution in [0.3, 0.4) is 0 Å². The van der Waals surface area contributed by atoms with E-state index in [1.807, 2.05) is 26.8 Å². The normalized spacial score (nSPS) is 15.6. The number of benzene rings is 1. The van der Waals surface area contributed by atoms with Crippen molar-refractivity contribution in [2.75, 3.05) is 6.54 Å². The summed E-state index contributed by atoms with van der Waals surface area (Å²) in [5, 5.41) is 7.62. The molecule has 0 aliphatic heterocycles. The molecule has 8 heteroatoms. The van der Waals surface area contributed by atoms with Gasteiger partial charge in [-0.05, 0) is 56.9 Å². The molecule has 1 aliphatic carbocycles. The molecule has 0 radical (unpaired) electrons. The van der Waals surface area contributed by atoms with Gasteiger partial charge in [0.15, 0.2) is 0 Å². The number of rotatable bonds is 8. The fourth-order valence-corrected chi connectivity index (χ4v) is 3.55. The van der Waals surface area contributed by atoms with Crippen molar-refractivity contribution in [2.45, 2.75) is 58.1 Å². The summed E-state index contributed by atoms with van der Waals surface area (Å²) < 4.78 is 35.4. The lowest BCUT2D eigenvalue weighted by molar-refractivity contribution is 0.0945. The highest BCUT2D eigenvalue weighted by Crippen LogP contribution is 2.42. The Bertz CT molecular complexity index is 1150. The number of aryl methyl sites for hydroxylation is 1. The highest BCUT2D eigenvalue weighted by molar-refractivity contribution is 6.02. The maximum absolute atomic E-state index is 14.0. The monoisotopic (exact) mass is 442 g/mol. The Kier molecular flexibility index (Phi) is 5.90. The molecule has 170 valence electrons. The highest BCUT2D eigenvalue weighted by Gasteiger charge is 2.34. The summed E-state index contributed by atoms with van der Waals surface area (Å²) in [6, 6.07) is 7.30. The Balaban J connectivity index is 1.70. The molecule has 2 aromatic heterocycles. The van der Waals surface area contributed by atoms with Crippen molar-refractivity contribution >= 4 is 11.4 Å². The van der Waals surface area contributed by atoms with Gasteiger partial charge in [0, 0.05) is 24.1 Å². The van der Waals surface area contributed by atoms with Gasteiger partial charge in [0.1, 0.15) is 18.2 Å². The second-order valence-electron chi connectivity index (χ2n) is 8.88. The number of aromatic nitrogens is 2. The third kappa shape index (κ3) is 4.46. The van der Waals surface area contributed by atoms with Crippen LogP contribution in [0.4, 0.5) is 8.78 Å². The minimum atomic E-state index is -0.672. The van der Waals surface area contributed by atoms with Gasteiger partial charge >= 0.3 is 0 Å². The number of hydrogen-bond donors (Lipinski definition) is 2. The van der Waals surface area contributed by atoms with Gasteiger partial charge in [0.2, 0.25) is 5.88 Å². The molecule has 3 aromatic rings. The fraction of sp³-hybridized carbons (Fsp3) is 0.417. The van der Waals surface area contributed by atoms with Crippen molar-refractivity contribution in [3.63, 3.8) is 0 Å². The Morgan fingerprint density at radius 1 is 1.31 bits per heavy atom. The molecule has 1 aromatic carbocycles. The van der Waals surface area contributed by atoms with Crippen molar-refractivity contribution in [2.24, 2.45) is 5.73 Å². The van der Waals surface area contributed by atoms with Crippen molar-refractivity contribution < 1.29 is 18.3 Å². The molecule has 1 fully saturated rings. The Morgan fingerprint density at radius 3 is 2.62 bits per heavy atom. The number of carbonyl (C=O) groups is 1. The molecule has 32 heavy (non-hydrogen) atoms. The third-order valence-corrected chi connectivity index (χ3v) is 5.95. The average molecular weight is 443 g/mol. The molecule has 1 amide bonds. The summed E-state index contributed by atoms with van der Waals surface area (Å²) in [7, 11) is 0. The van der Waals surface area contributed by atoms with Gasteiger partial charge in [0.05, 0.1) is 22.3 Å². The number of hydrogen-bond acceptors (Lipinski definition) is 4. The lowest BCUT2D eigenvalue weighted by Gasteiger charge is -2.23. The van der Waals surface area contributed by atoms with Crippen LogP contribution in [0.1, 0.15) is 66.2 Å². The lowest BCUT2D eigenvalue weighted by atomic mass is 10.0. The van der Waals surface area contributed by atoms with Crippen LogP contribution in [0.25, 0.3) is 5.52 Å². The average Bonchev–Trinajstić information content (AvgIpc) is 3.52. The maximum atomic E-state index is 14.0. The lowest BCUT2D eigenvalue weighted by Crippen LogP contribution is -2.47.